The molecular weight excluding hydrogens is 230 g/mol. The van der Waals surface area contributed by atoms with Gasteiger partial charge in [0.25, 0.3) is 0 Å². The van der Waals surface area contributed by atoms with Gasteiger partial charge in [-0.2, -0.15) is 0 Å². The predicted octanol–water partition coefficient (Wildman–Crippen LogP) is 4.58. The topological polar surface area (TPSA) is 4.93 Å². The fourth-order valence-corrected chi connectivity index (χ4v) is 2.62. The van der Waals surface area contributed by atoms with Crippen molar-refractivity contribution >= 4 is 21.7 Å². The molecule has 1 heteroatoms. The van der Waals surface area contributed by atoms with Crippen molar-refractivity contribution in [2.75, 3.05) is 0 Å². The Hall–Kier alpha value is -2.54. The van der Waals surface area contributed by atoms with Crippen LogP contribution < -0.4 is 0 Å². The van der Waals surface area contributed by atoms with Crippen LogP contribution in [0.5, 0.6) is 0 Å². The van der Waals surface area contributed by atoms with Crippen LogP contribution in [0.15, 0.2) is 72.8 Å². The lowest BCUT2D eigenvalue weighted by molar-refractivity contribution is 1.12. The van der Waals surface area contributed by atoms with Crippen molar-refractivity contribution in [3.8, 4) is 5.69 Å². The van der Waals surface area contributed by atoms with Crippen molar-refractivity contribution in [2.45, 2.75) is 0 Å². The molecular formula is C18H12N. The molecule has 0 unspecified atom stereocenters. The highest BCUT2D eigenvalue weighted by atomic mass is 15.0. The van der Waals surface area contributed by atoms with Gasteiger partial charge in [-0.3, -0.25) is 0 Å². The van der Waals surface area contributed by atoms with Crippen LogP contribution in [0.4, 0.5) is 0 Å². The maximum absolute atomic E-state index is 3.34. The van der Waals surface area contributed by atoms with Crippen LogP contribution in [0.25, 0.3) is 27.4 Å². The van der Waals surface area contributed by atoms with Crippen LogP contribution >= 0.6 is 0 Å². The van der Waals surface area contributed by atoms with E-state index in [9.17, 15) is 0 Å². The van der Waals surface area contributed by atoms with E-state index in [1.54, 1.807) is 0 Å². The third kappa shape index (κ3) is 1.55. The zero-order valence-corrected chi connectivity index (χ0v) is 10.4. The summed E-state index contributed by atoms with van der Waals surface area (Å²) in [6, 6.07) is 25.2. The van der Waals surface area contributed by atoms with Gasteiger partial charge in [0, 0.05) is 11.1 Å². The van der Waals surface area contributed by atoms with E-state index >= 15 is 0 Å². The average molecular weight is 242 g/mol. The molecule has 0 atom stereocenters. The van der Waals surface area contributed by atoms with Gasteiger partial charge in [-0.1, -0.05) is 48.5 Å². The molecule has 3 aromatic carbocycles. The molecule has 1 radical (unpaired) electrons. The average Bonchev–Trinajstić information content (AvgIpc) is 2.92. The van der Waals surface area contributed by atoms with Crippen LogP contribution in [0.1, 0.15) is 0 Å². The molecule has 0 bridgehead atoms. The molecule has 89 valence electrons. The number of benzene rings is 3. The number of aromatic nitrogens is 1. The Bertz CT molecular complexity index is 857. The van der Waals surface area contributed by atoms with E-state index in [1.807, 2.05) is 6.07 Å². The Morgan fingerprint density at radius 3 is 2.37 bits per heavy atom. The zero-order chi connectivity index (χ0) is 12.7. The fraction of sp³-hybridized carbons (Fsp3) is 0. The smallest absolute Gasteiger partial charge is 0.0709 e. The van der Waals surface area contributed by atoms with Crippen molar-refractivity contribution in [1.82, 2.24) is 4.57 Å². The third-order valence-corrected chi connectivity index (χ3v) is 3.54. The molecule has 0 aliphatic rings. The molecule has 0 saturated carbocycles. The zero-order valence-electron chi connectivity index (χ0n) is 10.4. The minimum absolute atomic E-state index is 1.15. The van der Waals surface area contributed by atoms with Crippen LogP contribution in [-0.4, -0.2) is 4.57 Å². The Balaban J connectivity index is 2.08. The summed E-state index contributed by atoms with van der Waals surface area (Å²) in [5.74, 6) is 0. The molecule has 0 spiro atoms. The van der Waals surface area contributed by atoms with E-state index in [2.05, 4.69) is 77.5 Å². The first-order valence-electron chi connectivity index (χ1n) is 6.40. The minimum atomic E-state index is 1.15. The molecule has 0 aliphatic carbocycles. The molecule has 1 aromatic heterocycles. The predicted molar refractivity (Wildman–Crippen MR) is 79.6 cm³/mol. The Kier molecular flexibility index (Phi) is 2.18. The van der Waals surface area contributed by atoms with Gasteiger partial charge in [-0.25, -0.2) is 0 Å². The molecule has 0 aliphatic heterocycles. The van der Waals surface area contributed by atoms with Gasteiger partial charge < -0.3 is 4.57 Å². The lowest BCUT2D eigenvalue weighted by atomic mass is 10.1. The van der Waals surface area contributed by atoms with Gasteiger partial charge >= 0.3 is 0 Å². The highest BCUT2D eigenvalue weighted by molar-refractivity contribution is 6.06. The summed E-state index contributed by atoms with van der Waals surface area (Å²) in [7, 11) is 0. The van der Waals surface area contributed by atoms with Crippen molar-refractivity contribution in [3.05, 3.63) is 79.0 Å². The quantitative estimate of drug-likeness (QED) is 0.460. The summed E-state index contributed by atoms with van der Waals surface area (Å²) in [4.78, 5) is 0. The second-order valence-electron chi connectivity index (χ2n) is 4.66. The number of fused-ring (bicyclic) bond motifs is 3. The highest BCUT2D eigenvalue weighted by Gasteiger charge is 2.06. The lowest BCUT2D eigenvalue weighted by Crippen LogP contribution is -1.91. The first-order valence-corrected chi connectivity index (χ1v) is 6.40. The van der Waals surface area contributed by atoms with E-state index in [0.717, 1.165) is 5.69 Å². The number of hydrogen-bond donors (Lipinski definition) is 0. The van der Waals surface area contributed by atoms with Gasteiger partial charge in [0.15, 0.2) is 0 Å². The van der Waals surface area contributed by atoms with Crippen LogP contribution in [0.3, 0.4) is 0 Å². The monoisotopic (exact) mass is 242 g/mol. The Labute approximate surface area is 111 Å². The lowest BCUT2D eigenvalue weighted by Gasteiger charge is -2.05. The maximum Gasteiger partial charge on any atom is 0.0709 e. The summed E-state index contributed by atoms with van der Waals surface area (Å²) >= 11 is 0. The molecule has 1 heterocycles. The summed E-state index contributed by atoms with van der Waals surface area (Å²) in [5.41, 5.74) is 2.35. The SMILES string of the molecule is [c]1cc2c3ccccc3ccc2n1-c1ccccc1. The molecule has 0 N–H and O–H groups in total. The van der Waals surface area contributed by atoms with Crippen molar-refractivity contribution < 1.29 is 0 Å². The van der Waals surface area contributed by atoms with Crippen molar-refractivity contribution in [2.24, 2.45) is 0 Å². The summed E-state index contributed by atoms with van der Waals surface area (Å²) < 4.78 is 2.11. The van der Waals surface area contributed by atoms with Crippen molar-refractivity contribution in [3.63, 3.8) is 0 Å². The van der Waals surface area contributed by atoms with Crippen LogP contribution in [-0.2, 0) is 0 Å². The van der Waals surface area contributed by atoms with E-state index in [4.69, 9.17) is 0 Å². The number of hydrogen-bond acceptors (Lipinski definition) is 0. The van der Waals surface area contributed by atoms with Crippen LogP contribution in [0.2, 0.25) is 0 Å². The normalized spacial score (nSPS) is 11.2. The van der Waals surface area contributed by atoms with E-state index in [0.29, 0.717) is 0 Å². The van der Waals surface area contributed by atoms with Crippen molar-refractivity contribution in [1.29, 1.82) is 0 Å². The van der Waals surface area contributed by atoms with Crippen LogP contribution in [0, 0.1) is 6.20 Å². The largest absolute Gasteiger partial charge is 0.308 e. The summed E-state index contributed by atoms with van der Waals surface area (Å²) in [6.07, 6.45) is 3.34. The Morgan fingerprint density at radius 1 is 0.684 bits per heavy atom. The van der Waals surface area contributed by atoms with Gasteiger partial charge in [-0.15, -0.1) is 0 Å². The molecule has 4 aromatic rings. The van der Waals surface area contributed by atoms with E-state index in [-0.39, 0.29) is 0 Å². The second-order valence-corrected chi connectivity index (χ2v) is 4.66. The fourth-order valence-electron chi connectivity index (χ4n) is 2.62. The third-order valence-electron chi connectivity index (χ3n) is 3.54. The maximum atomic E-state index is 3.34. The molecule has 4 rings (SSSR count). The standard InChI is InChI=1S/C18H12N/c1-2-7-15(8-3-1)19-13-12-17-16-9-5-4-6-14(16)10-11-18(17)19/h1-12H. The van der Waals surface area contributed by atoms with E-state index < -0.39 is 0 Å². The van der Waals surface area contributed by atoms with Gasteiger partial charge in [0.2, 0.25) is 0 Å². The molecule has 0 fully saturated rings. The Morgan fingerprint density at radius 2 is 1.47 bits per heavy atom. The highest BCUT2D eigenvalue weighted by Crippen LogP contribution is 2.27. The first-order chi connectivity index (χ1) is 9.43. The number of rotatable bonds is 1. The molecule has 19 heavy (non-hydrogen) atoms. The van der Waals surface area contributed by atoms with Gasteiger partial charge in [-0.05, 0) is 35.0 Å². The number of para-hydroxylation sites is 1. The van der Waals surface area contributed by atoms with Gasteiger partial charge in [0.05, 0.1) is 11.7 Å². The number of nitrogens with zero attached hydrogens (tertiary/aromatic N) is 1. The first kappa shape index (κ1) is 10.4. The molecule has 0 saturated heterocycles. The minimum Gasteiger partial charge on any atom is -0.308 e. The van der Waals surface area contributed by atoms with E-state index in [1.165, 1.54) is 21.7 Å². The molecule has 1 nitrogen and oxygen atoms in total. The second kappa shape index (κ2) is 3.99. The molecule has 0 amide bonds. The summed E-state index contributed by atoms with van der Waals surface area (Å²) in [5, 5.41) is 3.81. The van der Waals surface area contributed by atoms with Gasteiger partial charge in [0.1, 0.15) is 0 Å². The summed E-state index contributed by atoms with van der Waals surface area (Å²) in [6.45, 7) is 0.